The van der Waals surface area contributed by atoms with Crippen molar-refractivity contribution in [1.29, 1.82) is 0 Å². The third-order valence-corrected chi connectivity index (χ3v) is 4.29. The Labute approximate surface area is 108 Å². The van der Waals surface area contributed by atoms with Crippen molar-refractivity contribution in [1.82, 2.24) is 0 Å². The molecule has 0 aromatic heterocycles. The molecule has 2 heterocycles. The van der Waals surface area contributed by atoms with E-state index in [1.165, 1.54) is 0 Å². The molecule has 90 valence electrons. The Morgan fingerprint density at radius 3 is 2.94 bits per heavy atom. The summed E-state index contributed by atoms with van der Waals surface area (Å²) in [6, 6.07) is 0. The second-order valence-electron chi connectivity index (χ2n) is 5.11. The molecule has 3 N–H and O–H groups in total. The minimum atomic E-state index is -0.561. The summed E-state index contributed by atoms with van der Waals surface area (Å²) in [5.74, 6) is 6.52. The number of rotatable bonds is 1. The van der Waals surface area contributed by atoms with Crippen LogP contribution in [-0.4, -0.2) is 26.3 Å². The molecule has 1 unspecified atom stereocenters. The lowest BCUT2D eigenvalue weighted by atomic mass is 9.70. The molecule has 1 atom stereocenters. The van der Waals surface area contributed by atoms with Crippen molar-refractivity contribution >= 4 is 26.9 Å². The van der Waals surface area contributed by atoms with Gasteiger partial charge < -0.3 is 5.11 Å². The van der Waals surface area contributed by atoms with Crippen molar-refractivity contribution < 1.29 is 9.70 Å². The van der Waals surface area contributed by atoms with E-state index in [0.29, 0.717) is 4.74 Å². The van der Waals surface area contributed by atoms with Crippen LogP contribution in [0, 0.1) is 5.92 Å². The van der Waals surface area contributed by atoms with Crippen molar-refractivity contribution in [2.75, 3.05) is 0 Å². The van der Waals surface area contributed by atoms with Crippen molar-refractivity contribution in [2.24, 2.45) is 21.7 Å². The third-order valence-electron chi connectivity index (χ3n) is 3.52. The number of fused-ring (bicyclic) bond motifs is 1. The summed E-state index contributed by atoms with van der Waals surface area (Å²) in [6.07, 6.45) is 6.66. The van der Waals surface area contributed by atoms with Gasteiger partial charge in [0, 0.05) is 21.8 Å². The van der Waals surface area contributed by atoms with Gasteiger partial charge in [-0.05, 0) is 19.8 Å². The summed E-state index contributed by atoms with van der Waals surface area (Å²) in [6.45, 7) is 1.85. The van der Waals surface area contributed by atoms with Gasteiger partial charge in [0.05, 0.1) is 18.0 Å². The number of aliphatic hydroxyl groups is 1. The third kappa shape index (κ3) is 1.55. The average Bonchev–Trinajstić information content (AvgIpc) is 2.48. The topological polar surface area (TPSA) is 71.0 Å². The van der Waals surface area contributed by atoms with Crippen LogP contribution in [0.15, 0.2) is 33.8 Å². The Morgan fingerprint density at radius 2 is 2.29 bits per heavy atom. The van der Waals surface area contributed by atoms with Crippen LogP contribution >= 0.6 is 15.9 Å². The molecular formula is C11H14BrN4O+. The Kier molecular flexibility index (Phi) is 2.22. The van der Waals surface area contributed by atoms with Gasteiger partial charge in [-0.3, -0.25) is 4.99 Å². The monoisotopic (exact) mass is 297 g/mol. The fourth-order valence-electron chi connectivity index (χ4n) is 2.58. The van der Waals surface area contributed by atoms with Gasteiger partial charge in [-0.25, -0.2) is 0 Å². The van der Waals surface area contributed by atoms with Crippen LogP contribution in [-0.2, 0) is 0 Å². The van der Waals surface area contributed by atoms with E-state index < -0.39 is 5.60 Å². The first-order valence-corrected chi connectivity index (χ1v) is 6.32. The van der Waals surface area contributed by atoms with E-state index in [-0.39, 0.29) is 10.5 Å². The fraction of sp³-hybridized carbons (Fsp3) is 0.455. The van der Waals surface area contributed by atoms with E-state index in [1.54, 1.807) is 18.6 Å². The molecule has 1 fully saturated rings. The van der Waals surface area contributed by atoms with Gasteiger partial charge in [0.2, 0.25) is 5.70 Å². The molecule has 0 amide bonds. The maximum atomic E-state index is 9.80. The Morgan fingerprint density at radius 1 is 1.59 bits per heavy atom. The molecule has 1 aliphatic carbocycles. The van der Waals surface area contributed by atoms with Crippen LogP contribution in [0.3, 0.4) is 0 Å². The van der Waals surface area contributed by atoms with Gasteiger partial charge in [-0.2, -0.15) is 10.8 Å². The number of aliphatic imine (C=N–C) groups is 2. The summed E-state index contributed by atoms with van der Waals surface area (Å²) >= 11 is 3.41. The minimum absolute atomic E-state index is 0.0531. The highest BCUT2D eigenvalue weighted by molar-refractivity contribution is 9.18. The maximum Gasteiger partial charge on any atom is 0.301 e. The molecule has 17 heavy (non-hydrogen) atoms. The number of hydrogen-bond acceptors (Lipinski definition) is 4. The number of halogens is 1. The summed E-state index contributed by atoms with van der Waals surface area (Å²) in [7, 11) is 0. The van der Waals surface area contributed by atoms with Crippen LogP contribution in [0.5, 0.6) is 0 Å². The number of quaternary nitrogens is 1. The smallest absolute Gasteiger partial charge is 0.301 e. The Hall–Kier alpha value is -0.820. The van der Waals surface area contributed by atoms with Gasteiger partial charge in [-0.15, -0.1) is 4.59 Å². The first-order valence-electron chi connectivity index (χ1n) is 5.52. The first-order chi connectivity index (χ1) is 7.92. The molecule has 6 heteroatoms. The van der Waals surface area contributed by atoms with Crippen molar-refractivity contribution in [3.05, 3.63) is 23.8 Å². The number of nitrogens with zero attached hydrogens (tertiary/aromatic N) is 3. The van der Waals surface area contributed by atoms with Crippen LogP contribution in [0.25, 0.3) is 0 Å². The summed E-state index contributed by atoms with van der Waals surface area (Å²) in [5, 5.41) is 9.80. The van der Waals surface area contributed by atoms with Gasteiger partial charge >= 0.3 is 4.74 Å². The van der Waals surface area contributed by atoms with E-state index in [9.17, 15) is 5.11 Å². The Bertz CT molecular complexity index is 498. The van der Waals surface area contributed by atoms with Gasteiger partial charge in [0.25, 0.3) is 0 Å². The van der Waals surface area contributed by atoms with Crippen molar-refractivity contribution in [2.45, 2.75) is 25.4 Å². The quantitative estimate of drug-likeness (QED) is 0.436. The predicted molar refractivity (Wildman–Crippen MR) is 68.8 cm³/mol. The van der Waals surface area contributed by atoms with Crippen molar-refractivity contribution in [3.8, 4) is 0 Å². The van der Waals surface area contributed by atoms with E-state index in [1.807, 2.05) is 6.92 Å². The molecule has 5 nitrogen and oxygen atoms in total. The Balaban J connectivity index is 1.98. The molecule has 1 saturated carbocycles. The molecular weight excluding hydrogens is 284 g/mol. The predicted octanol–water partition coefficient (Wildman–Crippen LogP) is 1.37. The second-order valence-corrected chi connectivity index (χ2v) is 5.82. The van der Waals surface area contributed by atoms with E-state index in [4.69, 9.17) is 5.84 Å². The van der Waals surface area contributed by atoms with Crippen LogP contribution in [0.1, 0.15) is 19.8 Å². The summed E-state index contributed by atoms with van der Waals surface area (Å²) < 4.78 is 0.716. The summed E-state index contributed by atoms with van der Waals surface area (Å²) in [4.78, 5) is 8.61. The highest BCUT2D eigenvalue weighted by Gasteiger charge is 2.49. The number of amidine groups is 1. The highest BCUT2D eigenvalue weighted by atomic mass is 79.9. The molecule has 0 spiro atoms. The molecule has 3 aliphatic rings. The number of allylic oxidation sites excluding steroid dienone is 2. The number of hydrogen-bond donors (Lipinski definition) is 2. The molecule has 3 rings (SSSR count). The number of nitrogens with two attached hydrogens (primary N) is 1. The van der Waals surface area contributed by atoms with Crippen LogP contribution in [0.2, 0.25) is 0 Å². The molecule has 0 radical (unpaired) electrons. The lowest BCUT2D eigenvalue weighted by Crippen LogP contribution is -2.51. The van der Waals surface area contributed by atoms with Gasteiger partial charge in [0.15, 0.2) is 0 Å². The van der Waals surface area contributed by atoms with Crippen molar-refractivity contribution in [3.63, 3.8) is 0 Å². The zero-order valence-electron chi connectivity index (χ0n) is 9.47. The van der Waals surface area contributed by atoms with E-state index >= 15 is 0 Å². The van der Waals surface area contributed by atoms with Gasteiger partial charge in [0.1, 0.15) is 11.9 Å². The zero-order valence-corrected chi connectivity index (χ0v) is 11.1. The lowest BCUT2D eigenvalue weighted by molar-refractivity contribution is -0.746. The first kappa shape index (κ1) is 11.3. The summed E-state index contributed by atoms with van der Waals surface area (Å²) in [5.41, 5.74) is 1.27. The van der Waals surface area contributed by atoms with E-state index in [2.05, 4.69) is 25.9 Å². The standard InChI is InChI=1S/C11H14BrN4O/c1-11(17)4-7(5-11)9-8-6-14-2-3-16(8,13)10(12)15-9/h2-3,6-7,17H,4-5,13H2,1H3/q+1. The molecule has 0 aromatic carbocycles. The SMILES string of the molecule is CC1(O)CC(C2=C3C=NC=C[N+]3(N)C(Br)=N2)C1. The molecule has 2 aliphatic heterocycles. The molecule has 0 aromatic rings. The second kappa shape index (κ2) is 3.35. The van der Waals surface area contributed by atoms with Gasteiger partial charge in [-0.1, -0.05) is 0 Å². The zero-order chi connectivity index (χ0) is 12.3. The molecule has 0 saturated heterocycles. The lowest BCUT2D eigenvalue weighted by Gasteiger charge is -2.40. The maximum absolute atomic E-state index is 9.80. The van der Waals surface area contributed by atoms with E-state index in [0.717, 1.165) is 24.2 Å². The average molecular weight is 298 g/mol. The fourth-order valence-corrected chi connectivity index (χ4v) is 3.09. The largest absolute Gasteiger partial charge is 0.390 e. The van der Waals surface area contributed by atoms with Crippen LogP contribution < -0.4 is 5.84 Å². The molecule has 0 bridgehead atoms. The normalized spacial score (nSPS) is 43.5. The minimum Gasteiger partial charge on any atom is -0.390 e. The highest BCUT2D eigenvalue weighted by Crippen LogP contribution is 2.46. The van der Waals surface area contributed by atoms with Crippen LogP contribution in [0.4, 0.5) is 0 Å².